The lowest BCUT2D eigenvalue weighted by Gasteiger charge is -2.00. The van der Waals surface area contributed by atoms with E-state index in [4.69, 9.17) is 5.73 Å². The minimum Gasteiger partial charge on any atom is -0.383 e. The maximum absolute atomic E-state index is 6.02. The molecule has 0 fully saturated rings. The van der Waals surface area contributed by atoms with E-state index in [2.05, 4.69) is 21.4 Å². The van der Waals surface area contributed by atoms with Crippen LogP contribution in [0, 0.1) is 0 Å². The fourth-order valence-electron chi connectivity index (χ4n) is 2.34. The first-order valence-electron chi connectivity index (χ1n) is 6.58. The molecule has 0 bridgehead atoms. The average molecular weight is 292 g/mol. The van der Waals surface area contributed by atoms with Crippen LogP contribution in [0.4, 0.5) is 16.6 Å². The van der Waals surface area contributed by atoms with Gasteiger partial charge in [0.25, 0.3) is 0 Å². The van der Waals surface area contributed by atoms with Crippen molar-refractivity contribution in [3.05, 3.63) is 54.6 Å². The monoisotopic (exact) mass is 292 g/mol. The standard InChI is InChI=1S/C16H12N4S/c17-14-12-9-5-4-8-11(12)13-15(19-14)20-16(21-13)18-10-6-2-1-3-7-10/h1-9H,(H3,17,18,19,20). The fourth-order valence-corrected chi connectivity index (χ4v) is 3.31. The molecule has 21 heavy (non-hydrogen) atoms. The van der Waals surface area contributed by atoms with Crippen molar-refractivity contribution in [3.8, 4) is 0 Å². The molecule has 5 heteroatoms. The van der Waals surface area contributed by atoms with Crippen molar-refractivity contribution in [2.24, 2.45) is 0 Å². The Morgan fingerprint density at radius 1 is 0.857 bits per heavy atom. The number of aromatic nitrogens is 2. The molecule has 4 aromatic rings. The van der Waals surface area contributed by atoms with Gasteiger partial charge in [0.05, 0.1) is 4.70 Å². The maximum atomic E-state index is 6.02. The lowest BCUT2D eigenvalue weighted by molar-refractivity contribution is 1.34. The SMILES string of the molecule is Nc1nc2nc(Nc3ccccc3)sc2c2ccccc12. The van der Waals surface area contributed by atoms with Gasteiger partial charge in [-0.15, -0.1) is 0 Å². The second kappa shape index (κ2) is 4.71. The first kappa shape index (κ1) is 12.1. The molecule has 0 aliphatic carbocycles. The number of nitrogens with zero attached hydrogens (tertiary/aromatic N) is 2. The summed E-state index contributed by atoms with van der Waals surface area (Å²) in [6, 6.07) is 18.0. The third-order valence-electron chi connectivity index (χ3n) is 3.31. The molecular weight excluding hydrogens is 280 g/mol. The normalized spacial score (nSPS) is 11.0. The predicted molar refractivity (Wildman–Crippen MR) is 89.1 cm³/mol. The van der Waals surface area contributed by atoms with Gasteiger partial charge in [0, 0.05) is 16.5 Å². The summed E-state index contributed by atoms with van der Waals surface area (Å²) in [5.74, 6) is 0.523. The number of hydrogen-bond acceptors (Lipinski definition) is 5. The Bertz CT molecular complexity index is 931. The molecule has 0 aliphatic heterocycles. The average Bonchev–Trinajstić information content (AvgIpc) is 2.91. The fraction of sp³-hybridized carbons (Fsp3) is 0. The van der Waals surface area contributed by atoms with E-state index in [0.717, 1.165) is 26.3 Å². The summed E-state index contributed by atoms with van der Waals surface area (Å²) >= 11 is 1.59. The lowest BCUT2D eigenvalue weighted by Crippen LogP contribution is -1.92. The molecule has 0 unspecified atom stereocenters. The topological polar surface area (TPSA) is 63.8 Å². The van der Waals surface area contributed by atoms with Gasteiger partial charge in [-0.05, 0) is 12.1 Å². The Morgan fingerprint density at radius 2 is 1.57 bits per heavy atom. The minimum absolute atomic E-state index is 0.523. The highest BCUT2D eigenvalue weighted by Crippen LogP contribution is 2.34. The molecular formula is C16H12N4S. The molecule has 0 amide bonds. The van der Waals surface area contributed by atoms with Crippen LogP contribution in [0.5, 0.6) is 0 Å². The van der Waals surface area contributed by atoms with Gasteiger partial charge in [0.1, 0.15) is 5.82 Å². The van der Waals surface area contributed by atoms with Crippen molar-refractivity contribution in [2.75, 3.05) is 11.1 Å². The molecule has 0 spiro atoms. The Balaban J connectivity index is 1.88. The number of hydrogen-bond donors (Lipinski definition) is 2. The molecule has 2 heterocycles. The summed E-state index contributed by atoms with van der Waals surface area (Å²) in [6.07, 6.45) is 0. The molecule has 0 atom stereocenters. The predicted octanol–water partition coefficient (Wildman–Crippen LogP) is 4.17. The minimum atomic E-state index is 0.523. The number of pyridine rings is 1. The zero-order valence-corrected chi connectivity index (χ0v) is 11.9. The number of rotatable bonds is 2. The molecule has 0 saturated carbocycles. The maximum Gasteiger partial charge on any atom is 0.189 e. The zero-order valence-electron chi connectivity index (χ0n) is 11.1. The van der Waals surface area contributed by atoms with Gasteiger partial charge in [0.2, 0.25) is 0 Å². The van der Waals surface area contributed by atoms with E-state index in [1.807, 2.05) is 48.5 Å². The van der Waals surface area contributed by atoms with Crippen LogP contribution >= 0.6 is 11.3 Å². The van der Waals surface area contributed by atoms with Crippen molar-refractivity contribution < 1.29 is 0 Å². The van der Waals surface area contributed by atoms with Crippen molar-refractivity contribution >= 4 is 49.1 Å². The van der Waals surface area contributed by atoms with Gasteiger partial charge in [-0.2, -0.15) is 4.98 Å². The van der Waals surface area contributed by atoms with Crippen LogP contribution in [0.25, 0.3) is 21.1 Å². The second-order valence-electron chi connectivity index (χ2n) is 4.71. The van der Waals surface area contributed by atoms with Crippen molar-refractivity contribution in [2.45, 2.75) is 0 Å². The first-order valence-corrected chi connectivity index (χ1v) is 7.40. The van der Waals surface area contributed by atoms with Gasteiger partial charge in [-0.1, -0.05) is 53.8 Å². The van der Waals surface area contributed by atoms with Crippen LogP contribution in [0.3, 0.4) is 0 Å². The van der Waals surface area contributed by atoms with Crippen LogP contribution in [0.2, 0.25) is 0 Å². The Kier molecular flexibility index (Phi) is 2.72. The summed E-state index contributed by atoms with van der Waals surface area (Å²) in [5, 5.41) is 6.19. The summed E-state index contributed by atoms with van der Waals surface area (Å²) < 4.78 is 1.05. The Labute approximate surface area is 125 Å². The first-order chi connectivity index (χ1) is 10.3. The third kappa shape index (κ3) is 2.08. The van der Waals surface area contributed by atoms with Crippen LogP contribution in [-0.4, -0.2) is 9.97 Å². The number of nitrogens with two attached hydrogens (primary N) is 1. The van der Waals surface area contributed by atoms with E-state index in [9.17, 15) is 0 Å². The quantitative estimate of drug-likeness (QED) is 0.582. The smallest absolute Gasteiger partial charge is 0.189 e. The van der Waals surface area contributed by atoms with Crippen LogP contribution in [0.1, 0.15) is 0 Å². The Hall–Kier alpha value is -2.66. The molecule has 0 saturated heterocycles. The molecule has 3 N–H and O–H groups in total. The van der Waals surface area contributed by atoms with Crippen molar-refractivity contribution in [3.63, 3.8) is 0 Å². The van der Waals surface area contributed by atoms with E-state index in [1.165, 1.54) is 0 Å². The summed E-state index contributed by atoms with van der Waals surface area (Å²) in [5.41, 5.74) is 7.71. The Morgan fingerprint density at radius 3 is 2.38 bits per heavy atom. The van der Waals surface area contributed by atoms with Gasteiger partial charge < -0.3 is 11.1 Å². The third-order valence-corrected chi connectivity index (χ3v) is 4.30. The zero-order chi connectivity index (χ0) is 14.2. The molecule has 0 aliphatic rings. The molecule has 4 rings (SSSR count). The van der Waals surface area contributed by atoms with Crippen LogP contribution in [-0.2, 0) is 0 Å². The molecule has 4 nitrogen and oxygen atoms in total. The molecule has 2 aromatic heterocycles. The van der Waals surface area contributed by atoms with Crippen LogP contribution < -0.4 is 11.1 Å². The number of fused-ring (bicyclic) bond motifs is 3. The van der Waals surface area contributed by atoms with Crippen LogP contribution in [0.15, 0.2) is 54.6 Å². The van der Waals surface area contributed by atoms with E-state index in [-0.39, 0.29) is 0 Å². The van der Waals surface area contributed by atoms with E-state index >= 15 is 0 Å². The largest absolute Gasteiger partial charge is 0.383 e. The molecule has 2 aromatic carbocycles. The van der Waals surface area contributed by atoms with Gasteiger partial charge >= 0.3 is 0 Å². The highest BCUT2D eigenvalue weighted by molar-refractivity contribution is 7.23. The summed E-state index contributed by atoms with van der Waals surface area (Å²) in [4.78, 5) is 8.94. The van der Waals surface area contributed by atoms with E-state index in [0.29, 0.717) is 11.5 Å². The van der Waals surface area contributed by atoms with Crippen molar-refractivity contribution in [1.29, 1.82) is 0 Å². The molecule has 0 radical (unpaired) electrons. The van der Waals surface area contributed by atoms with Gasteiger partial charge in [0.15, 0.2) is 10.8 Å². The van der Waals surface area contributed by atoms with Crippen molar-refractivity contribution in [1.82, 2.24) is 9.97 Å². The highest BCUT2D eigenvalue weighted by atomic mass is 32.1. The van der Waals surface area contributed by atoms with Gasteiger partial charge in [-0.3, -0.25) is 0 Å². The second-order valence-corrected chi connectivity index (χ2v) is 5.70. The highest BCUT2D eigenvalue weighted by Gasteiger charge is 2.11. The van der Waals surface area contributed by atoms with Gasteiger partial charge in [-0.25, -0.2) is 4.98 Å². The number of nitrogen functional groups attached to an aromatic ring is 1. The van der Waals surface area contributed by atoms with E-state index < -0.39 is 0 Å². The lowest BCUT2D eigenvalue weighted by atomic mass is 10.1. The van der Waals surface area contributed by atoms with E-state index in [1.54, 1.807) is 11.3 Å². The number of benzene rings is 2. The molecule has 102 valence electrons. The summed E-state index contributed by atoms with van der Waals surface area (Å²) in [6.45, 7) is 0. The summed E-state index contributed by atoms with van der Waals surface area (Å²) in [7, 11) is 0. The number of nitrogens with one attached hydrogen (secondary N) is 1. The number of anilines is 3. The number of para-hydroxylation sites is 1. The number of thiazole rings is 1.